The summed E-state index contributed by atoms with van der Waals surface area (Å²) < 4.78 is 1.01. The number of nitrogens with zero attached hydrogens (tertiary/aromatic N) is 1. The summed E-state index contributed by atoms with van der Waals surface area (Å²) in [6.45, 7) is 1.23. The molecule has 17 heavy (non-hydrogen) atoms. The number of hydrogen-bond donors (Lipinski definition) is 2. The van der Waals surface area contributed by atoms with Gasteiger partial charge in [-0.2, -0.15) is 0 Å². The van der Waals surface area contributed by atoms with Crippen LogP contribution in [0.15, 0.2) is 24.3 Å². The molecule has 0 aromatic heterocycles. The number of anilines is 1. The molecule has 0 aliphatic rings. The van der Waals surface area contributed by atoms with Crippen LogP contribution in [0, 0.1) is 3.57 Å². The molecule has 0 spiro atoms. The number of aliphatic carboxylic acids is 1. The summed E-state index contributed by atoms with van der Waals surface area (Å²) in [5.74, 6) is -1.48. The van der Waals surface area contributed by atoms with Crippen molar-refractivity contribution in [3.05, 3.63) is 27.8 Å². The van der Waals surface area contributed by atoms with Gasteiger partial charge >= 0.3 is 5.97 Å². The maximum Gasteiger partial charge on any atom is 0.326 e. The van der Waals surface area contributed by atoms with Crippen molar-refractivity contribution in [2.24, 2.45) is 5.73 Å². The molecule has 0 saturated heterocycles. The van der Waals surface area contributed by atoms with Crippen molar-refractivity contribution in [2.45, 2.75) is 13.0 Å². The Hall–Kier alpha value is -1.15. The molecule has 0 unspecified atom stereocenters. The number of hydrogen-bond acceptors (Lipinski definition) is 3. The van der Waals surface area contributed by atoms with Crippen LogP contribution < -0.4 is 10.6 Å². The summed E-state index contributed by atoms with van der Waals surface area (Å²) in [6.07, 6.45) is 0. The number of halogens is 1. The molecular formula is C11H13IN2O3. The number of carbonyl (C=O) groups excluding carboxylic acids is 1. The lowest BCUT2D eigenvalue weighted by molar-refractivity contribution is -0.139. The van der Waals surface area contributed by atoms with E-state index in [0.717, 1.165) is 3.57 Å². The predicted molar refractivity (Wildman–Crippen MR) is 72.8 cm³/mol. The molecule has 0 fully saturated rings. The van der Waals surface area contributed by atoms with Gasteiger partial charge in [0.2, 0.25) is 5.91 Å². The first-order valence-corrected chi connectivity index (χ1v) is 6.05. The largest absolute Gasteiger partial charge is 0.480 e. The first-order chi connectivity index (χ1) is 7.97. The number of carboxylic acids is 1. The van der Waals surface area contributed by atoms with E-state index < -0.39 is 17.9 Å². The van der Waals surface area contributed by atoms with E-state index in [2.05, 4.69) is 22.6 Å². The van der Waals surface area contributed by atoms with E-state index in [1.165, 1.54) is 11.8 Å². The number of rotatable bonds is 4. The van der Waals surface area contributed by atoms with E-state index in [0.29, 0.717) is 5.69 Å². The van der Waals surface area contributed by atoms with Crippen molar-refractivity contribution < 1.29 is 14.7 Å². The third kappa shape index (κ3) is 3.40. The van der Waals surface area contributed by atoms with Crippen LogP contribution in [-0.4, -0.2) is 29.6 Å². The van der Waals surface area contributed by atoms with Gasteiger partial charge < -0.3 is 10.8 Å². The highest BCUT2D eigenvalue weighted by atomic mass is 127. The Morgan fingerprint density at radius 3 is 2.35 bits per heavy atom. The maximum absolute atomic E-state index is 11.7. The topological polar surface area (TPSA) is 83.6 Å². The first-order valence-electron chi connectivity index (χ1n) is 4.98. The van der Waals surface area contributed by atoms with Crippen LogP contribution in [-0.2, 0) is 9.59 Å². The zero-order valence-electron chi connectivity index (χ0n) is 9.26. The average Bonchev–Trinajstić information content (AvgIpc) is 2.31. The predicted octanol–water partition coefficient (Wildman–Crippen LogP) is 1.06. The van der Waals surface area contributed by atoms with Crippen molar-refractivity contribution >= 4 is 40.2 Å². The monoisotopic (exact) mass is 348 g/mol. The number of nitrogens with two attached hydrogens (primary N) is 1. The number of amides is 1. The van der Waals surface area contributed by atoms with Crippen LogP contribution in [0.4, 0.5) is 5.69 Å². The lowest BCUT2D eigenvalue weighted by atomic mass is 10.2. The van der Waals surface area contributed by atoms with Gasteiger partial charge in [-0.3, -0.25) is 9.69 Å². The second-order valence-corrected chi connectivity index (χ2v) is 4.70. The summed E-state index contributed by atoms with van der Waals surface area (Å²) in [5, 5.41) is 8.98. The normalized spacial score (nSPS) is 11.9. The van der Waals surface area contributed by atoms with Crippen LogP contribution >= 0.6 is 22.6 Å². The molecule has 0 saturated carbocycles. The van der Waals surface area contributed by atoms with Gasteiger partial charge in [-0.1, -0.05) is 0 Å². The zero-order valence-corrected chi connectivity index (χ0v) is 11.4. The van der Waals surface area contributed by atoms with Crippen LogP contribution in [0.25, 0.3) is 0 Å². The minimum Gasteiger partial charge on any atom is -0.480 e. The quantitative estimate of drug-likeness (QED) is 0.797. The highest BCUT2D eigenvalue weighted by Crippen LogP contribution is 2.19. The molecule has 3 N–H and O–H groups in total. The Balaban J connectivity index is 3.10. The lowest BCUT2D eigenvalue weighted by Crippen LogP contribution is -2.46. The fourth-order valence-corrected chi connectivity index (χ4v) is 1.75. The second kappa shape index (κ2) is 5.97. The Kier molecular flexibility index (Phi) is 4.88. The zero-order chi connectivity index (χ0) is 13.0. The van der Waals surface area contributed by atoms with Crippen LogP contribution in [0.5, 0.6) is 0 Å². The van der Waals surface area contributed by atoms with E-state index >= 15 is 0 Å². The molecular weight excluding hydrogens is 335 g/mol. The van der Waals surface area contributed by atoms with Gasteiger partial charge in [-0.05, 0) is 53.8 Å². The standard InChI is InChI=1S/C11H13IN2O3/c1-7(11(16)17)14(10(15)6-13)9-4-2-8(12)3-5-9/h2-5,7H,6,13H2,1H3,(H,16,17)/t7-/m0/s1. The molecule has 6 heteroatoms. The summed E-state index contributed by atoms with van der Waals surface area (Å²) >= 11 is 2.13. The summed E-state index contributed by atoms with van der Waals surface area (Å²) in [5.41, 5.74) is 5.83. The van der Waals surface area contributed by atoms with Gasteiger partial charge in [-0.25, -0.2) is 4.79 Å². The van der Waals surface area contributed by atoms with Crippen LogP contribution in [0.2, 0.25) is 0 Å². The molecule has 0 heterocycles. The summed E-state index contributed by atoms with van der Waals surface area (Å²) in [6, 6.07) is 6.08. The second-order valence-electron chi connectivity index (χ2n) is 3.46. The van der Waals surface area contributed by atoms with Gasteiger partial charge in [0, 0.05) is 9.26 Å². The molecule has 5 nitrogen and oxygen atoms in total. The smallest absolute Gasteiger partial charge is 0.326 e. The minimum absolute atomic E-state index is 0.219. The van der Waals surface area contributed by atoms with Gasteiger partial charge in [0.1, 0.15) is 6.04 Å². The van der Waals surface area contributed by atoms with Gasteiger partial charge in [-0.15, -0.1) is 0 Å². The van der Waals surface area contributed by atoms with Crippen LogP contribution in [0.3, 0.4) is 0 Å². The molecule has 0 bridgehead atoms. The molecule has 1 amide bonds. The Morgan fingerprint density at radius 1 is 1.41 bits per heavy atom. The van der Waals surface area contributed by atoms with Crippen molar-refractivity contribution in [2.75, 3.05) is 11.4 Å². The van der Waals surface area contributed by atoms with Gasteiger partial charge in [0.15, 0.2) is 0 Å². The fourth-order valence-electron chi connectivity index (χ4n) is 1.39. The Morgan fingerprint density at radius 2 is 1.94 bits per heavy atom. The number of benzene rings is 1. The van der Waals surface area contributed by atoms with E-state index in [9.17, 15) is 9.59 Å². The molecule has 92 valence electrons. The van der Waals surface area contributed by atoms with E-state index in [4.69, 9.17) is 10.8 Å². The SMILES string of the molecule is C[C@@H](C(=O)O)N(C(=O)CN)c1ccc(I)cc1. The van der Waals surface area contributed by atoms with Crippen molar-refractivity contribution in [3.63, 3.8) is 0 Å². The van der Waals surface area contributed by atoms with E-state index in [1.807, 2.05) is 0 Å². The lowest BCUT2D eigenvalue weighted by Gasteiger charge is -2.26. The van der Waals surface area contributed by atoms with Crippen molar-refractivity contribution in [1.29, 1.82) is 0 Å². The number of carbonyl (C=O) groups is 2. The fraction of sp³-hybridized carbons (Fsp3) is 0.273. The number of carboxylic acid groups (broad SMARTS) is 1. The van der Waals surface area contributed by atoms with Crippen molar-refractivity contribution in [1.82, 2.24) is 0 Å². The van der Waals surface area contributed by atoms with Gasteiger partial charge in [0.05, 0.1) is 6.54 Å². The summed E-state index contributed by atoms with van der Waals surface area (Å²) in [7, 11) is 0. The summed E-state index contributed by atoms with van der Waals surface area (Å²) in [4.78, 5) is 23.8. The molecule has 1 rings (SSSR count). The molecule has 1 aromatic carbocycles. The first kappa shape index (κ1) is 13.9. The Bertz CT molecular complexity index is 419. The third-order valence-corrected chi connectivity index (χ3v) is 3.01. The maximum atomic E-state index is 11.7. The molecule has 1 atom stereocenters. The van der Waals surface area contributed by atoms with Crippen molar-refractivity contribution in [3.8, 4) is 0 Å². The minimum atomic E-state index is -1.06. The highest BCUT2D eigenvalue weighted by molar-refractivity contribution is 14.1. The van der Waals surface area contributed by atoms with Gasteiger partial charge in [0.25, 0.3) is 0 Å². The highest BCUT2D eigenvalue weighted by Gasteiger charge is 2.25. The van der Waals surface area contributed by atoms with E-state index in [1.54, 1.807) is 24.3 Å². The molecule has 0 radical (unpaired) electrons. The van der Waals surface area contributed by atoms with E-state index in [-0.39, 0.29) is 6.54 Å². The molecule has 1 aromatic rings. The van der Waals surface area contributed by atoms with Crippen LogP contribution in [0.1, 0.15) is 6.92 Å². The Labute approximate surface area is 113 Å². The average molecular weight is 348 g/mol. The molecule has 0 aliphatic carbocycles. The third-order valence-electron chi connectivity index (χ3n) is 2.29. The molecule has 0 aliphatic heterocycles.